The Kier molecular flexibility index (Phi) is 4.39. The first-order valence-electron chi connectivity index (χ1n) is 6.31. The highest BCUT2D eigenvalue weighted by Crippen LogP contribution is 2.24. The molecule has 18 heavy (non-hydrogen) atoms. The van der Waals surface area contributed by atoms with Gasteiger partial charge in [-0.15, -0.1) is 11.3 Å². The van der Waals surface area contributed by atoms with Crippen LogP contribution in [0.1, 0.15) is 22.9 Å². The second-order valence-electron chi connectivity index (χ2n) is 4.42. The van der Waals surface area contributed by atoms with Crippen LogP contribution in [-0.2, 0) is 13.1 Å². The minimum Gasteiger partial charge on any atom is -0.366 e. The van der Waals surface area contributed by atoms with Gasteiger partial charge >= 0.3 is 0 Å². The lowest BCUT2D eigenvalue weighted by Crippen LogP contribution is -2.22. The first kappa shape index (κ1) is 13.1. The predicted octanol–water partition coefficient (Wildman–Crippen LogP) is 3.54. The number of nitrogens with two attached hydrogens (primary N) is 1. The predicted molar refractivity (Wildman–Crippen MR) is 80.1 cm³/mol. The monoisotopic (exact) mass is 260 g/mol. The fraction of sp³-hybridized carbons (Fsp3) is 0.333. The van der Waals surface area contributed by atoms with Crippen molar-refractivity contribution in [2.24, 2.45) is 5.73 Å². The third kappa shape index (κ3) is 2.92. The van der Waals surface area contributed by atoms with Crippen molar-refractivity contribution in [3.63, 3.8) is 0 Å². The van der Waals surface area contributed by atoms with Gasteiger partial charge in [0, 0.05) is 23.7 Å². The highest BCUT2D eigenvalue weighted by molar-refractivity contribution is 7.09. The summed E-state index contributed by atoms with van der Waals surface area (Å²) in [6, 6.07) is 10.8. The van der Waals surface area contributed by atoms with E-state index in [0.717, 1.165) is 13.1 Å². The zero-order chi connectivity index (χ0) is 13.0. The molecule has 3 heteroatoms. The largest absolute Gasteiger partial charge is 0.366 e. The molecule has 0 radical (unpaired) electrons. The fourth-order valence-corrected chi connectivity index (χ4v) is 2.88. The summed E-state index contributed by atoms with van der Waals surface area (Å²) in [6.45, 7) is 6.96. The number of aryl methyl sites for hydroxylation is 1. The minimum absolute atomic E-state index is 0.609. The van der Waals surface area contributed by atoms with Gasteiger partial charge in [-0.05, 0) is 42.5 Å². The van der Waals surface area contributed by atoms with Gasteiger partial charge in [-0.1, -0.05) is 18.2 Å². The van der Waals surface area contributed by atoms with Crippen molar-refractivity contribution >= 4 is 17.0 Å². The molecule has 1 aromatic carbocycles. The van der Waals surface area contributed by atoms with Crippen LogP contribution < -0.4 is 10.6 Å². The van der Waals surface area contributed by atoms with Crippen LogP contribution in [0, 0.1) is 6.92 Å². The summed E-state index contributed by atoms with van der Waals surface area (Å²) in [6.07, 6.45) is 0. The molecule has 0 unspecified atom stereocenters. The highest BCUT2D eigenvalue weighted by Gasteiger charge is 2.09. The second kappa shape index (κ2) is 6.03. The minimum atomic E-state index is 0.609. The molecular formula is C15H20N2S. The van der Waals surface area contributed by atoms with E-state index in [0.29, 0.717) is 6.54 Å². The Balaban J connectivity index is 2.22. The Labute approximate surface area is 113 Å². The Hall–Kier alpha value is -1.32. The molecular weight excluding hydrogens is 240 g/mol. The number of rotatable bonds is 5. The molecule has 0 atom stereocenters. The van der Waals surface area contributed by atoms with E-state index in [1.165, 1.54) is 21.7 Å². The first-order chi connectivity index (χ1) is 8.74. The zero-order valence-corrected chi connectivity index (χ0v) is 11.8. The maximum Gasteiger partial charge on any atom is 0.0522 e. The van der Waals surface area contributed by atoms with Crippen molar-refractivity contribution in [1.29, 1.82) is 0 Å². The molecule has 1 heterocycles. The molecule has 0 fully saturated rings. The van der Waals surface area contributed by atoms with E-state index in [1.54, 1.807) is 0 Å². The van der Waals surface area contributed by atoms with E-state index < -0.39 is 0 Å². The van der Waals surface area contributed by atoms with Crippen LogP contribution >= 0.6 is 11.3 Å². The van der Waals surface area contributed by atoms with Gasteiger partial charge in [-0.3, -0.25) is 0 Å². The Morgan fingerprint density at radius 3 is 2.67 bits per heavy atom. The standard InChI is InChI=1S/C15H20N2S/c1-3-17(11-14-5-4-8-18-14)15-7-6-13(10-16)9-12(15)2/h4-9H,3,10-11,16H2,1-2H3. The summed E-state index contributed by atoms with van der Waals surface area (Å²) in [4.78, 5) is 3.81. The summed E-state index contributed by atoms with van der Waals surface area (Å²) in [7, 11) is 0. The number of anilines is 1. The molecule has 0 saturated carbocycles. The van der Waals surface area contributed by atoms with Gasteiger partial charge in [0.05, 0.1) is 6.54 Å². The van der Waals surface area contributed by atoms with Crippen LogP contribution in [0.5, 0.6) is 0 Å². The quantitative estimate of drug-likeness (QED) is 0.891. The number of thiophene rings is 1. The molecule has 0 aliphatic rings. The Bertz CT molecular complexity index is 491. The van der Waals surface area contributed by atoms with Crippen LogP contribution in [0.4, 0.5) is 5.69 Å². The molecule has 0 bridgehead atoms. The average molecular weight is 260 g/mol. The molecule has 0 amide bonds. The van der Waals surface area contributed by atoms with E-state index in [2.05, 4.69) is 54.5 Å². The van der Waals surface area contributed by atoms with Crippen LogP contribution in [0.25, 0.3) is 0 Å². The molecule has 1 aromatic heterocycles. The van der Waals surface area contributed by atoms with Gasteiger partial charge in [-0.25, -0.2) is 0 Å². The SMILES string of the molecule is CCN(Cc1cccs1)c1ccc(CN)cc1C. The summed E-state index contributed by atoms with van der Waals surface area (Å²) in [5, 5.41) is 2.13. The molecule has 2 N–H and O–H groups in total. The van der Waals surface area contributed by atoms with Gasteiger partial charge in [-0.2, -0.15) is 0 Å². The van der Waals surface area contributed by atoms with Gasteiger partial charge in [0.2, 0.25) is 0 Å². The maximum atomic E-state index is 5.68. The normalized spacial score (nSPS) is 10.6. The Morgan fingerprint density at radius 1 is 1.28 bits per heavy atom. The van der Waals surface area contributed by atoms with Crippen LogP contribution in [0.15, 0.2) is 35.7 Å². The molecule has 0 spiro atoms. The molecule has 2 aromatic rings. The van der Waals surface area contributed by atoms with E-state index in [1.807, 2.05) is 11.3 Å². The summed E-state index contributed by atoms with van der Waals surface area (Å²) >= 11 is 1.81. The van der Waals surface area contributed by atoms with Gasteiger partial charge in [0.25, 0.3) is 0 Å². The van der Waals surface area contributed by atoms with Crippen molar-refractivity contribution in [3.05, 3.63) is 51.7 Å². The van der Waals surface area contributed by atoms with Crippen molar-refractivity contribution < 1.29 is 0 Å². The van der Waals surface area contributed by atoms with Crippen molar-refractivity contribution in [2.75, 3.05) is 11.4 Å². The molecule has 0 aliphatic carbocycles. The molecule has 0 saturated heterocycles. The smallest absolute Gasteiger partial charge is 0.0522 e. The lowest BCUT2D eigenvalue weighted by atomic mass is 10.1. The number of nitrogens with zero attached hydrogens (tertiary/aromatic N) is 1. The lowest BCUT2D eigenvalue weighted by molar-refractivity contribution is 0.837. The second-order valence-corrected chi connectivity index (χ2v) is 5.45. The number of hydrogen-bond donors (Lipinski definition) is 1. The van der Waals surface area contributed by atoms with Crippen LogP contribution in [0.3, 0.4) is 0 Å². The third-order valence-corrected chi connectivity index (χ3v) is 4.01. The molecule has 0 aliphatic heterocycles. The molecule has 2 rings (SSSR count). The summed E-state index contributed by atoms with van der Waals surface area (Å²) in [5.74, 6) is 0. The van der Waals surface area contributed by atoms with E-state index >= 15 is 0 Å². The fourth-order valence-electron chi connectivity index (χ4n) is 2.16. The van der Waals surface area contributed by atoms with Crippen LogP contribution in [0.2, 0.25) is 0 Å². The number of benzene rings is 1. The number of hydrogen-bond acceptors (Lipinski definition) is 3. The zero-order valence-electron chi connectivity index (χ0n) is 11.0. The lowest BCUT2D eigenvalue weighted by Gasteiger charge is -2.24. The summed E-state index contributed by atoms with van der Waals surface area (Å²) in [5.41, 5.74) is 9.48. The average Bonchev–Trinajstić information content (AvgIpc) is 2.89. The third-order valence-electron chi connectivity index (χ3n) is 3.15. The van der Waals surface area contributed by atoms with E-state index in [-0.39, 0.29) is 0 Å². The topological polar surface area (TPSA) is 29.3 Å². The molecule has 96 valence electrons. The Morgan fingerprint density at radius 2 is 2.11 bits per heavy atom. The van der Waals surface area contributed by atoms with E-state index in [9.17, 15) is 0 Å². The van der Waals surface area contributed by atoms with Gasteiger partial charge < -0.3 is 10.6 Å². The van der Waals surface area contributed by atoms with E-state index in [4.69, 9.17) is 5.73 Å². The van der Waals surface area contributed by atoms with Crippen LogP contribution in [-0.4, -0.2) is 6.54 Å². The summed E-state index contributed by atoms with van der Waals surface area (Å²) < 4.78 is 0. The first-order valence-corrected chi connectivity index (χ1v) is 7.19. The molecule has 2 nitrogen and oxygen atoms in total. The van der Waals surface area contributed by atoms with Gasteiger partial charge in [0.1, 0.15) is 0 Å². The maximum absolute atomic E-state index is 5.68. The van der Waals surface area contributed by atoms with Gasteiger partial charge in [0.15, 0.2) is 0 Å². The van der Waals surface area contributed by atoms with Crippen molar-refractivity contribution in [3.8, 4) is 0 Å². The van der Waals surface area contributed by atoms with Crippen molar-refractivity contribution in [2.45, 2.75) is 26.9 Å². The van der Waals surface area contributed by atoms with Crippen molar-refractivity contribution in [1.82, 2.24) is 0 Å². The highest BCUT2D eigenvalue weighted by atomic mass is 32.1.